The van der Waals surface area contributed by atoms with Crippen molar-refractivity contribution in [3.8, 4) is 0 Å². The minimum absolute atomic E-state index is 0.188. The van der Waals surface area contributed by atoms with Crippen LogP contribution in [0.3, 0.4) is 0 Å². The van der Waals surface area contributed by atoms with Crippen LogP contribution < -0.4 is 0 Å². The maximum Gasteiger partial charge on any atom is 0.327 e. The zero-order valence-corrected chi connectivity index (χ0v) is 12.9. The molecule has 0 saturated carbocycles. The minimum Gasteiger partial charge on any atom is -0.394 e. The second kappa shape index (κ2) is 7.58. The first kappa shape index (κ1) is 18.0. The van der Waals surface area contributed by atoms with E-state index >= 15 is 0 Å². The van der Waals surface area contributed by atoms with Crippen LogP contribution in [0.1, 0.15) is 13.8 Å². The maximum absolute atomic E-state index is 11.8. The molecule has 0 aliphatic rings. The predicted octanol–water partition coefficient (Wildman–Crippen LogP) is 0.680. The monoisotopic (exact) mass is 284 g/mol. The van der Waals surface area contributed by atoms with Crippen LogP contribution in [0, 0.1) is 0 Å². The lowest BCUT2D eigenvalue weighted by Crippen LogP contribution is -2.47. The van der Waals surface area contributed by atoms with Crippen LogP contribution in [0.2, 0.25) is 0 Å². The van der Waals surface area contributed by atoms with Gasteiger partial charge in [-0.25, -0.2) is 0 Å². The number of likely N-dealkylation sites (N-methyl/N-ethyl adjacent to an activating group) is 1. The number of hydrogen-bond acceptors (Lipinski definition) is 5. The zero-order valence-electron chi connectivity index (χ0n) is 12.0. The molecule has 0 aliphatic carbocycles. The Balaban J connectivity index is 4.01. The van der Waals surface area contributed by atoms with Crippen molar-refractivity contribution in [1.82, 2.24) is 0 Å². The molecule has 0 amide bonds. The van der Waals surface area contributed by atoms with Gasteiger partial charge < -0.3 is 23.7 Å². The van der Waals surface area contributed by atoms with Gasteiger partial charge in [0.1, 0.15) is 19.3 Å². The van der Waals surface area contributed by atoms with Gasteiger partial charge in [0.15, 0.2) is 0 Å². The average molecular weight is 284 g/mol. The minimum atomic E-state index is -3.16. The van der Waals surface area contributed by atoms with Crippen LogP contribution in [0.4, 0.5) is 0 Å². The second-order valence-electron chi connectivity index (χ2n) is 5.33. The molecular formula is C11H27NO5P+. The number of nitrogens with zero attached hydrogens (tertiary/aromatic N) is 1. The van der Waals surface area contributed by atoms with Gasteiger partial charge in [0.05, 0.1) is 33.4 Å². The van der Waals surface area contributed by atoms with Crippen LogP contribution >= 0.6 is 7.60 Å². The topological polar surface area (TPSA) is 76.0 Å². The first-order chi connectivity index (χ1) is 8.10. The van der Waals surface area contributed by atoms with E-state index in [0.717, 1.165) is 11.0 Å². The molecule has 0 fully saturated rings. The van der Waals surface area contributed by atoms with Crippen LogP contribution in [0.15, 0.2) is 0 Å². The number of aliphatic hydroxyl groups is 2. The molecule has 0 rings (SSSR count). The number of aliphatic hydroxyl groups excluding tert-OH is 2. The van der Waals surface area contributed by atoms with E-state index in [1.54, 1.807) is 0 Å². The fourth-order valence-electron chi connectivity index (χ4n) is 1.01. The highest BCUT2D eigenvalue weighted by Gasteiger charge is 2.23. The van der Waals surface area contributed by atoms with Gasteiger partial charge in [0, 0.05) is 6.66 Å². The number of rotatable bonds is 9. The van der Waals surface area contributed by atoms with Crippen molar-refractivity contribution in [2.75, 3.05) is 47.1 Å². The fraction of sp³-hybridized carbons (Fsp3) is 1.00. The molecule has 0 aliphatic heterocycles. The number of quaternary nitrogens is 1. The summed E-state index contributed by atoms with van der Waals surface area (Å²) in [7, 11) is 0.992. The van der Waals surface area contributed by atoms with Crippen molar-refractivity contribution in [3.63, 3.8) is 0 Å². The van der Waals surface area contributed by atoms with Crippen molar-refractivity contribution < 1.29 is 28.3 Å². The van der Waals surface area contributed by atoms with Crippen molar-refractivity contribution in [3.05, 3.63) is 0 Å². The van der Waals surface area contributed by atoms with E-state index in [4.69, 9.17) is 19.3 Å². The molecule has 0 spiro atoms. The third-order valence-corrected chi connectivity index (χ3v) is 4.37. The second-order valence-corrected chi connectivity index (χ2v) is 7.39. The first-order valence-corrected chi connectivity index (χ1v) is 8.08. The summed E-state index contributed by atoms with van der Waals surface area (Å²) in [5.41, 5.74) is 0. The normalized spacial score (nSPS) is 17.8. The lowest BCUT2D eigenvalue weighted by atomic mass is 10.3. The average Bonchev–Trinajstić information content (AvgIpc) is 2.25. The highest BCUT2D eigenvalue weighted by molar-refractivity contribution is 7.52. The highest BCUT2D eigenvalue weighted by atomic mass is 31.2. The summed E-state index contributed by atoms with van der Waals surface area (Å²) in [6, 6.07) is 0.446. The smallest absolute Gasteiger partial charge is 0.327 e. The molecular weight excluding hydrogens is 257 g/mol. The van der Waals surface area contributed by atoms with Gasteiger partial charge in [-0.15, -0.1) is 0 Å². The van der Waals surface area contributed by atoms with E-state index in [0.29, 0.717) is 12.6 Å². The molecule has 0 bridgehead atoms. The van der Waals surface area contributed by atoms with Crippen molar-refractivity contribution in [2.24, 2.45) is 0 Å². The molecule has 2 N–H and O–H groups in total. The predicted molar refractivity (Wildman–Crippen MR) is 70.6 cm³/mol. The summed E-state index contributed by atoms with van der Waals surface area (Å²) in [4.78, 5) is 0. The summed E-state index contributed by atoms with van der Waals surface area (Å²) in [5, 5.41) is 17.7. The van der Waals surface area contributed by atoms with Gasteiger partial charge in [-0.3, -0.25) is 4.57 Å². The molecule has 110 valence electrons. The fourth-order valence-corrected chi connectivity index (χ4v) is 1.94. The SMILES string of the molecule is CC(C)[N+](C)(C)CCOP(C)(=O)OCC(O)CO. The summed E-state index contributed by atoms with van der Waals surface area (Å²) >= 11 is 0. The van der Waals surface area contributed by atoms with Gasteiger partial charge in [0.25, 0.3) is 0 Å². The van der Waals surface area contributed by atoms with E-state index < -0.39 is 20.3 Å². The summed E-state index contributed by atoms with van der Waals surface area (Å²) in [6.45, 7) is 6.03. The molecule has 18 heavy (non-hydrogen) atoms. The zero-order chi connectivity index (χ0) is 14.4. The summed E-state index contributed by atoms with van der Waals surface area (Å²) in [5.74, 6) is 0. The Kier molecular flexibility index (Phi) is 7.59. The van der Waals surface area contributed by atoms with Crippen molar-refractivity contribution in [2.45, 2.75) is 26.0 Å². The Morgan fingerprint density at radius 1 is 1.28 bits per heavy atom. The molecule has 2 unspecified atom stereocenters. The number of hydrogen-bond donors (Lipinski definition) is 2. The van der Waals surface area contributed by atoms with E-state index in [1.165, 1.54) is 6.66 Å². The van der Waals surface area contributed by atoms with E-state index in [9.17, 15) is 4.57 Å². The van der Waals surface area contributed by atoms with Crippen LogP contribution in [0.5, 0.6) is 0 Å². The quantitative estimate of drug-likeness (QED) is 0.481. The van der Waals surface area contributed by atoms with E-state index in [-0.39, 0.29) is 6.61 Å². The highest BCUT2D eigenvalue weighted by Crippen LogP contribution is 2.43. The third kappa shape index (κ3) is 7.46. The molecule has 0 saturated heterocycles. The standard InChI is InChI=1S/C11H27NO5P/c1-10(2)12(3,4)6-7-16-18(5,15)17-9-11(14)8-13/h10-11,13-14H,6-9H2,1-5H3/q+1. The molecule has 0 radical (unpaired) electrons. The molecule has 0 aromatic rings. The lowest BCUT2D eigenvalue weighted by molar-refractivity contribution is -0.911. The van der Waals surface area contributed by atoms with Crippen LogP contribution in [-0.4, -0.2) is 74.0 Å². The van der Waals surface area contributed by atoms with Gasteiger partial charge in [0.2, 0.25) is 0 Å². The van der Waals surface area contributed by atoms with Crippen molar-refractivity contribution in [1.29, 1.82) is 0 Å². The molecule has 0 heterocycles. The van der Waals surface area contributed by atoms with Gasteiger partial charge in [-0.05, 0) is 13.8 Å². The Morgan fingerprint density at radius 2 is 1.83 bits per heavy atom. The Bertz CT molecular complexity index is 283. The van der Waals surface area contributed by atoms with Crippen LogP contribution in [-0.2, 0) is 13.6 Å². The van der Waals surface area contributed by atoms with E-state index in [2.05, 4.69) is 27.9 Å². The van der Waals surface area contributed by atoms with Crippen molar-refractivity contribution >= 4 is 7.60 Å². The Hall–Kier alpha value is 0.0300. The molecule has 7 heteroatoms. The van der Waals surface area contributed by atoms with Crippen LogP contribution in [0.25, 0.3) is 0 Å². The van der Waals surface area contributed by atoms with Gasteiger partial charge in [-0.2, -0.15) is 0 Å². The van der Waals surface area contributed by atoms with Gasteiger partial charge in [-0.1, -0.05) is 0 Å². The van der Waals surface area contributed by atoms with Gasteiger partial charge >= 0.3 is 7.60 Å². The molecule has 6 nitrogen and oxygen atoms in total. The summed E-state index contributed by atoms with van der Waals surface area (Å²) in [6.07, 6.45) is -1.02. The molecule has 0 aromatic carbocycles. The molecule has 0 aromatic heterocycles. The largest absolute Gasteiger partial charge is 0.394 e. The molecule has 2 atom stereocenters. The maximum atomic E-state index is 11.8. The first-order valence-electron chi connectivity index (χ1n) is 6.09. The Labute approximate surface area is 110 Å². The van der Waals surface area contributed by atoms with E-state index in [1.807, 2.05) is 0 Å². The summed E-state index contributed by atoms with van der Waals surface area (Å²) < 4.78 is 22.8. The third-order valence-electron chi connectivity index (χ3n) is 3.10. The lowest BCUT2D eigenvalue weighted by Gasteiger charge is -2.34. The Morgan fingerprint density at radius 3 is 2.28 bits per heavy atom.